The molecule has 0 aromatic heterocycles. The first-order valence-electron chi connectivity index (χ1n) is 5.08. The summed E-state index contributed by atoms with van der Waals surface area (Å²) in [5.41, 5.74) is 0. The van der Waals surface area contributed by atoms with Crippen LogP contribution in [0, 0.1) is 0 Å². The van der Waals surface area contributed by atoms with Crippen molar-refractivity contribution in [3.63, 3.8) is 0 Å². The summed E-state index contributed by atoms with van der Waals surface area (Å²) in [5.74, 6) is 0. The highest BCUT2D eigenvalue weighted by molar-refractivity contribution is 4.39. The topological polar surface area (TPSA) is 9.23 Å². The van der Waals surface area contributed by atoms with Crippen LogP contribution in [0.2, 0.25) is 0 Å². The fourth-order valence-corrected chi connectivity index (χ4v) is 1.69. The molecule has 2 heteroatoms. The molecule has 0 heterocycles. The Bertz CT molecular complexity index is 91.7. The summed E-state index contributed by atoms with van der Waals surface area (Å²) < 4.78 is 6.30. The van der Waals surface area contributed by atoms with E-state index in [-0.39, 0.29) is 0 Å². The van der Waals surface area contributed by atoms with E-state index in [2.05, 4.69) is 20.8 Å². The van der Waals surface area contributed by atoms with E-state index in [0.29, 0.717) is 0 Å². The summed E-state index contributed by atoms with van der Waals surface area (Å²) in [7, 11) is 1.78. The maximum absolute atomic E-state index is 5.06. The van der Waals surface area contributed by atoms with Crippen LogP contribution in [-0.4, -0.2) is 44.4 Å². The molecule has 0 radical (unpaired) electrons. The summed E-state index contributed by atoms with van der Waals surface area (Å²) in [4.78, 5) is 0. The van der Waals surface area contributed by atoms with Gasteiger partial charge in [0.1, 0.15) is 0 Å². The zero-order valence-electron chi connectivity index (χ0n) is 9.10. The molecule has 0 unspecified atom stereocenters. The summed E-state index contributed by atoms with van der Waals surface area (Å²) in [6, 6.07) is 0. The molecule has 74 valence electrons. The Labute approximate surface area is 77.1 Å². The van der Waals surface area contributed by atoms with Crippen molar-refractivity contribution in [1.29, 1.82) is 0 Å². The largest absolute Gasteiger partial charge is 0.384 e. The van der Waals surface area contributed by atoms with Crippen LogP contribution in [0.15, 0.2) is 0 Å². The molecule has 0 rings (SSSR count). The lowest BCUT2D eigenvalue weighted by atomic mass is 10.3. The fraction of sp³-hybridized carbons (Fsp3) is 1.00. The van der Waals surface area contributed by atoms with Gasteiger partial charge in [-0.3, -0.25) is 0 Å². The molecule has 0 saturated heterocycles. The van der Waals surface area contributed by atoms with Crippen LogP contribution >= 0.6 is 0 Å². The van der Waals surface area contributed by atoms with Gasteiger partial charge in [-0.25, -0.2) is 0 Å². The number of nitrogens with zero attached hydrogens (tertiary/aromatic N) is 1. The monoisotopic (exact) mass is 174 g/mol. The molecule has 0 atom stereocenters. The maximum atomic E-state index is 5.06. The molecule has 0 saturated carbocycles. The van der Waals surface area contributed by atoms with Crippen LogP contribution < -0.4 is 0 Å². The predicted molar refractivity (Wildman–Crippen MR) is 53.2 cm³/mol. The normalized spacial score (nSPS) is 12.0. The van der Waals surface area contributed by atoms with Gasteiger partial charge in [-0.1, -0.05) is 0 Å². The molecule has 12 heavy (non-hydrogen) atoms. The van der Waals surface area contributed by atoms with Gasteiger partial charge in [-0.2, -0.15) is 0 Å². The van der Waals surface area contributed by atoms with Crippen molar-refractivity contribution in [1.82, 2.24) is 0 Å². The Balaban J connectivity index is 3.76. The van der Waals surface area contributed by atoms with Gasteiger partial charge in [-0.05, 0) is 20.8 Å². The van der Waals surface area contributed by atoms with E-state index in [9.17, 15) is 0 Å². The summed E-state index contributed by atoms with van der Waals surface area (Å²) in [5, 5.41) is 0. The number of methoxy groups -OCH3 is 1. The first-order chi connectivity index (χ1) is 5.74. The molecular weight excluding hydrogens is 150 g/mol. The van der Waals surface area contributed by atoms with Crippen molar-refractivity contribution < 1.29 is 9.22 Å². The molecule has 0 aliphatic heterocycles. The van der Waals surface area contributed by atoms with E-state index in [4.69, 9.17) is 4.74 Å². The van der Waals surface area contributed by atoms with Crippen LogP contribution in [0.1, 0.15) is 27.2 Å². The van der Waals surface area contributed by atoms with E-state index < -0.39 is 0 Å². The maximum Gasteiger partial charge on any atom is 0.0808 e. The van der Waals surface area contributed by atoms with Gasteiger partial charge in [0, 0.05) is 13.5 Å². The van der Waals surface area contributed by atoms with E-state index in [1.54, 1.807) is 7.11 Å². The Morgan fingerprint density at radius 3 is 1.83 bits per heavy atom. The first kappa shape index (κ1) is 11.9. The number of hydrogen-bond acceptors (Lipinski definition) is 1. The quantitative estimate of drug-likeness (QED) is 0.423. The summed E-state index contributed by atoms with van der Waals surface area (Å²) in [6.07, 6.45) is 1.19. The van der Waals surface area contributed by atoms with Crippen LogP contribution in [-0.2, 0) is 4.74 Å². The Morgan fingerprint density at radius 1 is 1.00 bits per heavy atom. The zero-order chi connectivity index (χ0) is 9.45. The highest BCUT2D eigenvalue weighted by atomic mass is 16.5. The van der Waals surface area contributed by atoms with E-state index in [0.717, 1.165) is 6.61 Å². The highest BCUT2D eigenvalue weighted by Gasteiger charge is 2.19. The van der Waals surface area contributed by atoms with E-state index in [1.165, 1.54) is 37.1 Å². The van der Waals surface area contributed by atoms with Gasteiger partial charge in [0.05, 0.1) is 32.8 Å². The van der Waals surface area contributed by atoms with Crippen molar-refractivity contribution in [3.05, 3.63) is 0 Å². The van der Waals surface area contributed by atoms with Gasteiger partial charge in [0.2, 0.25) is 0 Å². The predicted octanol–water partition coefficient (Wildman–Crippen LogP) is 1.90. The highest BCUT2D eigenvalue weighted by Crippen LogP contribution is 2.06. The minimum atomic E-state index is 0.903. The number of ether oxygens (including phenoxy) is 1. The smallest absolute Gasteiger partial charge is 0.0808 e. The van der Waals surface area contributed by atoms with Crippen LogP contribution in [0.25, 0.3) is 0 Å². The van der Waals surface area contributed by atoms with Gasteiger partial charge >= 0.3 is 0 Å². The zero-order valence-corrected chi connectivity index (χ0v) is 9.10. The van der Waals surface area contributed by atoms with Crippen molar-refractivity contribution in [2.75, 3.05) is 39.9 Å². The standard InChI is InChI=1S/C10H24NO/c1-5-11(6-2,7-3)9-8-10-12-4/h5-10H2,1-4H3/q+1. The van der Waals surface area contributed by atoms with Crippen LogP contribution in [0.3, 0.4) is 0 Å². The molecule has 0 aliphatic carbocycles. The van der Waals surface area contributed by atoms with Crippen molar-refractivity contribution in [2.24, 2.45) is 0 Å². The third kappa shape index (κ3) is 3.55. The fourth-order valence-electron chi connectivity index (χ4n) is 1.69. The van der Waals surface area contributed by atoms with Gasteiger partial charge in [0.25, 0.3) is 0 Å². The molecule has 0 spiro atoms. The number of quaternary nitrogens is 1. The second-order valence-electron chi connectivity index (χ2n) is 3.36. The Kier molecular flexibility index (Phi) is 6.39. The van der Waals surface area contributed by atoms with Gasteiger partial charge < -0.3 is 9.22 Å². The molecule has 2 nitrogen and oxygen atoms in total. The van der Waals surface area contributed by atoms with Crippen molar-refractivity contribution in [2.45, 2.75) is 27.2 Å². The second kappa shape index (κ2) is 6.44. The molecule has 0 fully saturated rings. The van der Waals surface area contributed by atoms with Crippen LogP contribution in [0.5, 0.6) is 0 Å². The summed E-state index contributed by atoms with van der Waals surface area (Å²) in [6.45, 7) is 12.7. The van der Waals surface area contributed by atoms with E-state index >= 15 is 0 Å². The molecule has 0 aromatic rings. The molecule has 0 bridgehead atoms. The minimum absolute atomic E-state index is 0.903. The van der Waals surface area contributed by atoms with Gasteiger partial charge in [0.15, 0.2) is 0 Å². The Morgan fingerprint density at radius 2 is 1.50 bits per heavy atom. The minimum Gasteiger partial charge on any atom is -0.384 e. The van der Waals surface area contributed by atoms with Crippen LogP contribution in [0.4, 0.5) is 0 Å². The molecule has 0 aromatic carbocycles. The van der Waals surface area contributed by atoms with E-state index in [1.807, 2.05) is 0 Å². The molecule has 0 N–H and O–H groups in total. The molecular formula is C10H24NO+. The van der Waals surface area contributed by atoms with Crippen molar-refractivity contribution in [3.8, 4) is 0 Å². The lowest BCUT2D eigenvalue weighted by Gasteiger charge is -2.35. The average Bonchev–Trinajstić information content (AvgIpc) is 2.14. The lowest BCUT2D eigenvalue weighted by molar-refractivity contribution is -0.923. The third-order valence-electron chi connectivity index (χ3n) is 2.99. The lowest BCUT2D eigenvalue weighted by Crippen LogP contribution is -2.48. The number of rotatable bonds is 7. The molecule has 0 amide bonds. The van der Waals surface area contributed by atoms with Gasteiger partial charge in [-0.15, -0.1) is 0 Å². The van der Waals surface area contributed by atoms with Crippen molar-refractivity contribution >= 4 is 0 Å². The average molecular weight is 174 g/mol. The SMILES string of the molecule is CC[N+](CC)(CC)CCCOC. The number of hydrogen-bond donors (Lipinski definition) is 0. The first-order valence-corrected chi connectivity index (χ1v) is 5.08. The third-order valence-corrected chi connectivity index (χ3v) is 2.99. The molecule has 0 aliphatic rings. The Hall–Kier alpha value is -0.0800. The summed E-state index contributed by atoms with van der Waals surface area (Å²) >= 11 is 0. The second-order valence-corrected chi connectivity index (χ2v) is 3.36.